The summed E-state index contributed by atoms with van der Waals surface area (Å²) in [6, 6.07) is 5.26. The standard InChI is InChI=1S/C17H21F3N6O/c1-21-16(22-9-15-24-23-11-25(15)2)26-6-7-27-14(10-26)12-4-3-5-13(8-12)17(18,19)20/h3-5,8,11,14H,6-7,9-10H2,1-2H3,(H,21,22). The second-order valence-corrected chi connectivity index (χ2v) is 6.19. The molecular weight excluding hydrogens is 361 g/mol. The molecule has 1 aromatic heterocycles. The number of hydrogen-bond donors (Lipinski definition) is 1. The minimum absolute atomic E-state index is 0.394. The number of alkyl halides is 3. The van der Waals surface area contributed by atoms with Crippen LogP contribution in [0.1, 0.15) is 23.1 Å². The first-order chi connectivity index (χ1) is 12.9. The van der Waals surface area contributed by atoms with Crippen LogP contribution >= 0.6 is 0 Å². The van der Waals surface area contributed by atoms with Crippen molar-refractivity contribution in [3.63, 3.8) is 0 Å². The minimum Gasteiger partial charge on any atom is -0.370 e. The first-order valence-corrected chi connectivity index (χ1v) is 8.45. The lowest BCUT2D eigenvalue weighted by molar-refractivity contribution is -0.137. The number of aryl methyl sites for hydroxylation is 1. The number of guanidine groups is 1. The van der Waals surface area contributed by atoms with Gasteiger partial charge in [-0.1, -0.05) is 12.1 Å². The Kier molecular flexibility index (Phi) is 5.64. The second kappa shape index (κ2) is 7.95. The second-order valence-electron chi connectivity index (χ2n) is 6.19. The van der Waals surface area contributed by atoms with Gasteiger partial charge in [-0.2, -0.15) is 13.2 Å². The molecule has 146 valence electrons. The van der Waals surface area contributed by atoms with Gasteiger partial charge in [-0.05, 0) is 17.7 Å². The Morgan fingerprint density at radius 2 is 2.22 bits per heavy atom. The van der Waals surface area contributed by atoms with Crippen LogP contribution in [-0.2, 0) is 24.5 Å². The number of morpholine rings is 1. The van der Waals surface area contributed by atoms with Crippen molar-refractivity contribution < 1.29 is 17.9 Å². The highest BCUT2D eigenvalue weighted by Crippen LogP contribution is 2.32. The van der Waals surface area contributed by atoms with Crippen LogP contribution in [0.5, 0.6) is 0 Å². The van der Waals surface area contributed by atoms with Crippen LogP contribution in [0.4, 0.5) is 13.2 Å². The molecule has 0 bridgehead atoms. The molecule has 2 aromatic rings. The Hall–Kier alpha value is -2.62. The smallest absolute Gasteiger partial charge is 0.370 e. The number of ether oxygens (including phenoxy) is 1. The number of benzene rings is 1. The van der Waals surface area contributed by atoms with E-state index in [2.05, 4.69) is 20.5 Å². The summed E-state index contributed by atoms with van der Waals surface area (Å²) in [7, 11) is 3.51. The highest BCUT2D eigenvalue weighted by molar-refractivity contribution is 5.80. The zero-order chi connectivity index (χ0) is 19.4. The molecular formula is C17H21F3N6O. The first kappa shape index (κ1) is 19.2. The molecule has 1 N–H and O–H groups in total. The Balaban J connectivity index is 1.68. The molecule has 7 nitrogen and oxygen atoms in total. The maximum atomic E-state index is 13.0. The highest BCUT2D eigenvalue weighted by Gasteiger charge is 2.32. The van der Waals surface area contributed by atoms with Crippen molar-refractivity contribution in [3.05, 3.63) is 47.5 Å². The van der Waals surface area contributed by atoms with E-state index in [-0.39, 0.29) is 0 Å². The predicted octanol–water partition coefficient (Wildman–Crippen LogP) is 1.98. The van der Waals surface area contributed by atoms with E-state index >= 15 is 0 Å². The first-order valence-electron chi connectivity index (χ1n) is 8.45. The molecule has 0 amide bonds. The molecule has 1 atom stereocenters. The van der Waals surface area contributed by atoms with Crippen molar-refractivity contribution in [1.29, 1.82) is 0 Å². The fourth-order valence-corrected chi connectivity index (χ4v) is 2.92. The molecule has 0 aliphatic carbocycles. The van der Waals surface area contributed by atoms with Crippen molar-refractivity contribution in [2.45, 2.75) is 18.8 Å². The zero-order valence-electron chi connectivity index (χ0n) is 15.1. The summed E-state index contributed by atoms with van der Waals surface area (Å²) in [5.74, 6) is 1.39. The number of nitrogens with one attached hydrogen (secondary N) is 1. The van der Waals surface area contributed by atoms with E-state index in [4.69, 9.17) is 4.74 Å². The number of rotatable bonds is 3. The molecule has 1 fully saturated rings. The topological polar surface area (TPSA) is 67.6 Å². The van der Waals surface area contributed by atoms with Gasteiger partial charge in [0.15, 0.2) is 11.8 Å². The number of aliphatic imine (C=N–C) groups is 1. The lowest BCUT2D eigenvalue weighted by Crippen LogP contribution is -2.48. The maximum Gasteiger partial charge on any atom is 0.416 e. The van der Waals surface area contributed by atoms with Gasteiger partial charge in [0, 0.05) is 20.6 Å². The average molecular weight is 382 g/mol. The van der Waals surface area contributed by atoms with Crippen molar-refractivity contribution in [3.8, 4) is 0 Å². The van der Waals surface area contributed by atoms with Gasteiger partial charge in [0.2, 0.25) is 0 Å². The van der Waals surface area contributed by atoms with Gasteiger partial charge in [0.05, 0.1) is 25.3 Å². The normalized spacial score (nSPS) is 18.6. The summed E-state index contributed by atoms with van der Waals surface area (Å²) >= 11 is 0. The van der Waals surface area contributed by atoms with Crippen LogP contribution in [0.25, 0.3) is 0 Å². The molecule has 0 radical (unpaired) electrons. The lowest BCUT2D eigenvalue weighted by atomic mass is 10.0. The molecule has 0 spiro atoms. The van der Waals surface area contributed by atoms with Gasteiger partial charge >= 0.3 is 6.18 Å². The van der Waals surface area contributed by atoms with E-state index in [9.17, 15) is 13.2 Å². The van der Waals surface area contributed by atoms with Gasteiger partial charge in [-0.15, -0.1) is 10.2 Å². The summed E-state index contributed by atoms with van der Waals surface area (Å²) < 4.78 is 46.4. The van der Waals surface area contributed by atoms with Gasteiger partial charge in [-0.3, -0.25) is 4.99 Å². The van der Waals surface area contributed by atoms with Gasteiger partial charge in [-0.25, -0.2) is 0 Å². The third kappa shape index (κ3) is 4.57. The van der Waals surface area contributed by atoms with Crippen molar-refractivity contribution in [2.75, 3.05) is 26.7 Å². The Morgan fingerprint density at radius 1 is 1.41 bits per heavy atom. The van der Waals surface area contributed by atoms with Crippen molar-refractivity contribution >= 4 is 5.96 Å². The zero-order valence-corrected chi connectivity index (χ0v) is 15.1. The predicted molar refractivity (Wildman–Crippen MR) is 92.9 cm³/mol. The minimum atomic E-state index is -4.38. The third-order valence-corrected chi connectivity index (χ3v) is 4.37. The number of aromatic nitrogens is 3. The van der Waals surface area contributed by atoms with Crippen LogP contribution in [0.2, 0.25) is 0 Å². The van der Waals surface area contributed by atoms with E-state index in [1.165, 1.54) is 6.07 Å². The quantitative estimate of drug-likeness (QED) is 0.650. The molecule has 1 unspecified atom stereocenters. The Labute approximate surface area is 154 Å². The lowest BCUT2D eigenvalue weighted by Gasteiger charge is -2.35. The van der Waals surface area contributed by atoms with E-state index in [0.29, 0.717) is 37.8 Å². The molecule has 10 heteroatoms. The molecule has 1 aromatic carbocycles. The van der Waals surface area contributed by atoms with Crippen LogP contribution in [0.15, 0.2) is 35.6 Å². The molecule has 2 heterocycles. The number of halogens is 3. The van der Waals surface area contributed by atoms with Crippen molar-refractivity contribution in [1.82, 2.24) is 25.0 Å². The fraction of sp³-hybridized carbons (Fsp3) is 0.471. The maximum absolute atomic E-state index is 13.0. The van der Waals surface area contributed by atoms with Gasteiger partial charge < -0.3 is 19.5 Å². The summed E-state index contributed by atoms with van der Waals surface area (Å²) in [5.41, 5.74) is -0.177. The van der Waals surface area contributed by atoms with E-state index in [1.807, 2.05) is 11.9 Å². The Bertz CT molecular complexity index is 804. The molecule has 1 saturated heterocycles. The Morgan fingerprint density at radius 3 is 2.89 bits per heavy atom. The highest BCUT2D eigenvalue weighted by atomic mass is 19.4. The number of nitrogens with zero attached hydrogens (tertiary/aromatic N) is 5. The monoisotopic (exact) mass is 382 g/mol. The largest absolute Gasteiger partial charge is 0.416 e. The molecule has 3 rings (SSSR count). The summed E-state index contributed by atoms with van der Waals surface area (Å²) in [6.07, 6.45) is -3.23. The SMILES string of the molecule is CN=C(NCc1nncn1C)N1CCOC(c2cccc(C(F)(F)F)c2)C1. The fourth-order valence-electron chi connectivity index (χ4n) is 2.92. The van der Waals surface area contributed by atoms with E-state index in [0.717, 1.165) is 18.0 Å². The average Bonchev–Trinajstić information content (AvgIpc) is 3.07. The summed E-state index contributed by atoms with van der Waals surface area (Å²) in [6.45, 7) is 1.83. The van der Waals surface area contributed by atoms with Crippen LogP contribution in [-0.4, -0.2) is 52.4 Å². The molecule has 0 saturated carbocycles. The number of hydrogen-bond acceptors (Lipinski definition) is 4. The van der Waals surface area contributed by atoms with E-state index < -0.39 is 17.8 Å². The summed E-state index contributed by atoms with van der Waals surface area (Å²) in [4.78, 5) is 6.23. The van der Waals surface area contributed by atoms with Crippen LogP contribution in [0.3, 0.4) is 0 Å². The van der Waals surface area contributed by atoms with Crippen LogP contribution < -0.4 is 5.32 Å². The van der Waals surface area contributed by atoms with Crippen LogP contribution in [0, 0.1) is 0 Å². The molecule has 1 aliphatic rings. The van der Waals surface area contributed by atoms with Gasteiger partial charge in [0.25, 0.3) is 0 Å². The third-order valence-electron chi connectivity index (χ3n) is 4.37. The van der Waals surface area contributed by atoms with Gasteiger partial charge in [0.1, 0.15) is 12.4 Å². The summed E-state index contributed by atoms with van der Waals surface area (Å²) in [5, 5.41) is 11.0. The molecule has 27 heavy (non-hydrogen) atoms. The van der Waals surface area contributed by atoms with E-state index in [1.54, 1.807) is 24.0 Å². The van der Waals surface area contributed by atoms with Crippen molar-refractivity contribution in [2.24, 2.45) is 12.0 Å². The molecule has 1 aliphatic heterocycles.